The Balaban J connectivity index is 3.33. The summed E-state index contributed by atoms with van der Waals surface area (Å²) in [6.07, 6.45) is 0. The SMILES string of the molecule is CC(=O)Nc1c(F)cc(C)cc1C(=O)O. The largest absolute Gasteiger partial charge is 0.478 e. The highest BCUT2D eigenvalue weighted by Gasteiger charge is 2.16. The van der Waals surface area contributed by atoms with Gasteiger partial charge in [0.05, 0.1) is 11.3 Å². The quantitative estimate of drug-likeness (QED) is 0.783. The first kappa shape index (κ1) is 11.2. The molecule has 15 heavy (non-hydrogen) atoms. The third kappa shape index (κ3) is 2.52. The van der Waals surface area contributed by atoms with Gasteiger partial charge in [-0.15, -0.1) is 0 Å². The number of halogens is 1. The average molecular weight is 211 g/mol. The Morgan fingerprint density at radius 3 is 2.47 bits per heavy atom. The summed E-state index contributed by atoms with van der Waals surface area (Å²) in [7, 11) is 0. The lowest BCUT2D eigenvalue weighted by molar-refractivity contribution is -0.114. The lowest BCUT2D eigenvalue weighted by Crippen LogP contribution is -2.13. The summed E-state index contributed by atoms with van der Waals surface area (Å²) in [5.41, 5.74) is -0.0534. The predicted molar refractivity (Wildman–Crippen MR) is 52.4 cm³/mol. The zero-order chi connectivity index (χ0) is 11.6. The molecule has 0 unspecified atom stereocenters. The van der Waals surface area contributed by atoms with Gasteiger partial charge >= 0.3 is 5.97 Å². The Hall–Kier alpha value is -1.91. The van der Waals surface area contributed by atoms with Crippen LogP contribution in [0.4, 0.5) is 10.1 Å². The molecule has 0 aliphatic carbocycles. The van der Waals surface area contributed by atoms with Crippen molar-refractivity contribution in [3.8, 4) is 0 Å². The van der Waals surface area contributed by atoms with Gasteiger partial charge in [-0.3, -0.25) is 4.79 Å². The van der Waals surface area contributed by atoms with E-state index in [2.05, 4.69) is 5.32 Å². The molecule has 1 rings (SSSR count). The van der Waals surface area contributed by atoms with Gasteiger partial charge in [-0.2, -0.15) is 0 Å². The number of carbonyl (C=O) groups is 2. The van der Waals surface area contributed by atoms with E-state index in [0.717, 1.165) is 6.07 Å². The van der Waals surface area contributed by atoms with Crippen LogP contribution in [0.5, 0.6) is 0 Å². The number of aromatic carboxylic acids is 1. The molecular weight excluding hydrogens is 201 g/mol. The lowest BCUT2D eigenvalue weighted by atomic mass is 10.1. The first-order valence-corrected chi connectivity index (χ1v) is 4.23. The van der Waals surface area contributed by atoms with Crippen molar-refractivity contribution in [3.05, 3.63) is 29.1 Å². The van der Waals surface area contributed by atoms with E-state index < -0.39 is 17.7 Å². The molecule has 0 aliphatic heterocycles. The molecule has 0 saturated heterocycles. The van der Waals surface area contributed by atoms with E-state index >= 15 is 0 Å². The molecule has 0 fully saturated rings. The highest BCUT2D eigenvalue weighted by atomic mass is 19.1. The van der Waals surface area contributed by atoms with Crippen molar-refractivity contribution < 1.29 is 19.1 Å². The van der Waals surface area contributed by atoms with Gasteiger partial charge in [-0.25, -0.2) is 9.18 Å². The first-order valence-electron chi connectivity index (χ1n) is 4.23. The summed E-state index contributed by atoms with van der Waals surface area (Å²) < 4.78 is 13.4. The number of amides is 1. The predicted octanol–water partition coefficient (Wildman–Crippen LogP) is 1.79. The fraction of sp³-hybridized carbons (Fsp3) is 0.200. The van der Waals surface area contributed by atoms with Crippen molar-refractivity contribution in [2.24, 2.45) is 0 Å². The molecule has 0 bridgehead atoms. The summed E-state index contributed by atoms with van der Waals surface area (Å²) in [5.74, 6) is -2.54. The number of hydrogen-bond donors (Lipinski definition) is 2. The van der Waals surface area contributed by atoms with Gasteiger partial charge in [-0.1, -0.05) is 0 Å². The summed E-state index contributed by atoms with van der Waals surface area (Å²) in [5, 5.41) is 11.0. The fourth-order valence-corrected chi connectivity index (χ4v) is 1.21. The van der Waals surface area contributed by atoms with Gasteiger partial charge in [0.15, 0.2) is 0 Å². The first-order chi connectivity index (χ1) is 6.91. The van der Waals surface area contributed by atoms with Gasteiger partial charge in [0.1, 0.15) is 5.82 Å². The number of hydrogen-bond acceptors (Lipinski definition) is 2. The van der Waals surface area contributed by atoms with Gasteiger partial charge in [-0.05, 0) is 24.6 Å². The second-order valence-electron chi connectivity index (χ2n) is 3.16. The molecule has 0 radical (unpaired) electrons. The Kier molecular flexibility index (Phi) is 3.04. The average Bonchev–Trinajstić information content (AvgIpc) is 2.08. The van der Waals surface area contributed by atoms with Crippen molar-refractivity contribution in [3.63, 3.8) is 0 Å². The smallest absolute Gasteiger partial charge is 0.337 e. The van der Waals surface area contributed by atoms with Crippen molar-refractivity contribution in [1.29, 1.82) is 0 Å². The minimum Gasteiger partial charge on any atom is -0.478 e. The van der Waals surface area contributed by atoms with E-state index in [1.54, 1.807) is 6.92 Å². The molecule has 0 aromatic heterocycles. The van der Waals surface area contributed by atoms with Crippen molar-refractivity contribution >= 4 is 17.6 Å². The molecular formula is C10H10FNO3. The number of carboxylic acid groups (broad SMARTS) is 1. The summed E-state index contributed by atoms with van der Waals surface area (Å²) in [6.45, 7) is 2.76. The van der Waals surface area contributed by atoms with Crippen LogP contribution in [0.2, 0.25) is 0 Å². The maximum absolute atomic E-state index is 13.4. The zero-order valence-corrected chi connectivity index (χ0v) is 8.30. The molecule has 80 valence electrons. The van der Waals surface area contributed by atoms with Gasteiger partial charge < -0.3 is 10.4 Å². The highest BCUT2D eigenvalue weighted by Crippen LogP contribution is 2.22. The zero-order valence-electron chi connectivity index (χ0n) is 8.30. The van der Waals surface area contributed by atoms with Crippen LogP contribution in [0.15, 0.2) is 12.1 Å². The topological polar surface area (TPSA) is 66.4 Å². The summed E-state index contributed by atoms with van der Waals surface area (Å²) >= 11 is 0. The Bertz CT molecular complexity index is 429. The number of rotatable bonds is 2. The number of nitrogens with one attached hydrogen (secondary N) is 1. The minimum atomic E-state index is -1.28. The fourth-order valence-electron chi connectivity index (χ4n) is 1.21. The number of carbonyl (C=O) groups excluding carboxylic acids is 1. The highest BCUT2D eigenvalue weighted by molar-refractivity contribution is 6.00. The van der Waals surface area contributed by atoms with Crippen molar-refractivity contribution in [2.45, 2.75) is 13.8 Å². The normalized spacial score (nSPS) is 9.80. The third-order valence-electron chi connectivity index (χ3n) is 1.77. The van der Waals surface area contributed by atoms with Crippen LogP contribution in [0, 0.1) is 12.7 Å². The molecule has 1 aromatic carbocycles. The molecule has 0 saturated carbocycles. The molecule has 1 aromatic rings. The number of aryl methyl sites for hydroxylation is 1. The summed E-state index contributed by atoms with van der Waals surface area (Å²) in [6, 6.07) is 2.47. The molecule has 2 N–H and O–H groups in total. The van der Waals surface area contributed by atoms with E-state index in [0.29, 0.717) is 5.56 Å². The van der Waals surface area contributed by atoms with E-state index in [1.165, 1.54) is 13.0 Å². The van der Waals surface area contributed by atoms with Crippen LogP contribution in [-0.4, -0.2) is 17.0 Å². The Morgan fingerprint density at radius 2 is 2.00 bits per heavy atom. The van der Waals surface area contributed by atoms with Gasteiger partial charge in [0, 0.05) is 6.92 Å². The van der Waals surface area contributed by atoms with E-state index in [1.807, 2.05) is 0 Å². The Labute approximate surface area is 85.7 Å². The van der Waals surface area contributed by atoms with Gasteiger partial charge in [0.2, 0.25) is 5.91 Å². The molecule has 0 atom stereocenters. The molecule has 0 heterocycles. The Morgan fingerprint density at radius 1 is 1.40 bits per heavy atom. The minimum absolute atomic E-state index is 0.247. The maximum atomic E-state index is 13.4. The number of benzene rings is 1. The molecule has 0 aliphatic rings. The van der Waals surface area contributed by atoms with Gasteiger partial charge in [0.25, 0.3) is 0 Å². The second kappa shape index (κ2) is 4.08. The van der Waals surface area contributed by atoms with Crippen molar-refractivity contribution in [1.82, 2.24) is 0 Å². The lowest BCUT2D eigenvalue weighted by Gasteiger charge is -2.08. The van der Waals surface area contributed by atoms with Crippen LogP contribution in [0.3, 0.4) is 0 Å². The second-order valence-corrected chi connectivity index (χ2v) is 3.16. The van der Waals surface area contributed by atoms with Crippen LogP contribution in [-0.2, 0) is 4.79 Å². The summed E-state index contributed by atoms with van der Waals surface area (Å²) in [4.78, 5) is 21.5. The monoisotopic (exact) mass is 211 g/mol. The van der Waals surface area contributed by atoms with Crippen LogP contribution in [0.25, 0.3) is 0 Å². The third-order valence-corrected chi connectivity index (χ3v) is 1.77. The van der Waals surface area contributed by atoms with Crippen LogP contribution < -0.4 is 5.32 Å². The van der Waals surface area contributed by atoms with E-state index in [4.69, 9.17) is 5.11 Å². The molecule has 1 amide bonds. The molecule has 4 nitrogen and oxygen atoms in total. The molecule has 5 heteroatoms. The van der Waals surface area contributed by atoms with Crippen LogP contribution >= 0.6 is 0 Å². The van der Waals surface area contributed by atoms with E-state index in [-0.39, 0.29) is 11.3 Å². The maximum Gasteiger partial charge on any atom is 0.337 e. The standard InChI is InChI=1S/C10H10FNO3/c1-5-3-7(10(14)15)9(8(11)4-5)12-6(2)13/h3-4H,1-2H3,(H,12,13)(H,14,15). The van der Waals surface area contributed by atoms with Crippen LogP contribution in [0.1, 0.15) is 22.8 Å². The van der Waals surface area contributed by atoms with E-state index in [9.17, 15) is 14.0 Å². The number of carboxylic acids is 1. The number of anilines is 1. The molecule has 0 spiro atoms. The van der Waals surface area contributed by atoms with Crippen molar-refractivity contribution in [2.75, 3.05) is 5.32 Å².